The Morgan fingerprint density at radius 1 is 1.00 bits per heavy atom. The van der Waals surface area contributed by atoms with Gasteiger partial charge in [0.25, 0.3) is 0 Å². The summed E-state index contributed by atoms with van der Waals surface area (Å²) in [6.45, 7) is 2.68. The molecule has 0 unspecified atom stereocenters. The predicted octanol–water partition coefficient (Wildman–Crippen LogP) is 4.29. The molecule has 0 spiro atoms. The van der Waals surface area contributed by atoms with Gasteiger partial charge in [0, 0.05) is 36.8 Å². The minimum atomic E-state index is -4.46. The first-order chi connectivity index (χ1) is 13.1. The van der Waals surface area contributed by atoms with Crippen LogP contribution in [-0.2, 0) is 15.8 Å². The van der Waals surface area contributed by atoms with Crippen LogP contribution in [-0.4, -0.2) is 24.1 Å². The van der Waals surface area contributed by atoms with Gasteiger partial charge in [0.05, 0.1) is 5.56 Å². The van der Waals surface area contributed by atoms with Crippen LogP contribution in [0.5, 0.6) is 0 Å². The van der Waals surface area contributed by atoms with Gasteiger partial charge < -0.3 is 10.2 Å². The first kappa shape index (κ1) is 21.1. The fourth-order valence-corrected chi connectivity index (χ4v) is 2.55. The number of anilines is 2. The lowest BCUT2D eigenvalue weighted by molar-refractivity contribution is -0.137. The van der Waals surface area contributed by atoms with Gasteiger partial charge in [-0.1, -0.05) is 12.1 Å². The highest BCUT2D eigenvalue weighted by molar-refractivity contribution is 5.97. The molecule has 2 amide bonds. The summed E-state index contributed by atoms with van der Waals surface area (Å²) in [5.41, 5.74) is 0.351. The summed E-state index contributed by atoms with van der Waals surface area (Å²) >= 11 is 0. The zero-order valence-corrected chi connectivity index (χ0v) is 15.3. The van der Waals surface area contributed by atoms with E-state index < -0.39 is 17.6 Å². The summed E-state index contributed by atoms with van der Waals surface area (Å²) in [4.78, 5) is 36.6. The van der Waals surface area contributed by atoms with Crippen LogP contribution in [0, 0.1) is 0 Å². The molecule has 0 aliphatic carbocycles. The van der Waals surface area contributed by atoms with E-state index in [0.717, 1.165) is 12.1 Å². The average molecular weight is 392 g/mol. The molecule has 0 saturated heterocycles. The van der Waals surface area contributed by atoms with Crippen LogP contribution in [0.25, 0.3) is 0 Å². The second kappa shape index (κ2) is 8.69. The maximum atomic E-state index is 12.7. The summed E-state index contributed by atoms with van der Waals surface area (Å²) in [6, 6.07) is 10.6. The Morgan fingerprint density at radius 2 is 1.64 bits per heavy atom. The number of nitrogens with zero attached hydrogens (tertiary/aromatic N) is 1. The van der Waals surface area contributed by atoms with Crippen LogP contribution in [0.15, 0.2) is 48.5 Å². The molecule has 0 fully saturated rings. The molecule has 0 heterocycles. The number of alkyl halides is 3. The molecule has 0 aliphatic heterocycles. The Bertz CT molecular complexity index is 877. The summed E-state index contributed by atoms with van der Waals surface area (Å²) in [5, 5.41) is 2.63. The second-order valence-corrected chi connectivity index (χ2v) is 6.15. The number of carbonyl (C=O) groups is 3. The molecule has 0 aliphatic rings. The van der Waals surface area contributed by atoms with Crippen LogP contribution in [0.3, 0.4) is 0 Å². The number of hydrogen-bond donors (Lipinski definition) is 1. The lowest BCUT2D eigenvalue weighted by Crippen LogP contribution is -2.32. The van der Waals surface area contributed by atoms with Crippen LogP contribution in [0.1, 0.15) is 36.2 Å². The fraction of sp³-hybridized carbons (Fsp3) is 0.250. The Balaban J connectivity index is 2.03. The van der Waals surface area contributed by atoms with Gasteiger partial charge in [0.2, 0.25) is 11.8 Å². The molecule has 28 heavy (non-hydrogen) atoms. The first-order valence-corrected chi connectivity index (χ1v) is 8.44. The van der Waals surface area contributed by atoms with Crippen molar-refractivity contribution in [3.63, 3.8) is 0 Å². The molecular weight excluding hydrogens is 373 g/mol. The number of rotatable bonds is 6. The minimum Gasteiger partial charge on any atom is -0.326 e. The Hall–Kier alpha value is -3.16. The lowest BCUT2D eigenvalue weighted by Gasteiger charge is -2.21. The standard InChI is InChI=1S/C20H19F3N2O3/c1-13(26)15-4-3-5-17(12-15)24-19(28)10-11-25(14(2)27)18-8-6-16(7-9-18)20(21,22)23/h3-9,12H,10-11H2,1-2H3,(H,24,28). The molecule has 5 nitrogen and oxygen atoms in total. The third-order valence-electron chi connectivity index (χ3n) is 4.00. The Kier molecular flexibility index (Phi) is 6.56. The summed E-state index contributed by atoms with van der Waals surface area (Å²) < 4.78 is 38.0. The Labute approximate surface area is 160 Å². The maximum Gasteiger partial charge on any atom is 0.416 e. The van der Waals surface area contributed by atoms with E-state index in [2.05, 4.69) is 5.32 Å². The fourth-order valence-electron chi connectivity index (χ4n) is 2.55. The molecule has 0 radical (unpaired) electrons. The SMILES string of the molecule is CC(=O)c1cccc(NC(=O)CCN(C(C)=O)c2ccc(C(F)(F)F)cc2)c1. The minimum absolute atomic E-state index is 0.00106. The highest BCUT2D eigenvalue weighted by Crippen LogP contribution is 2.30. The normalized spacial score (nSPS) is 11.0. The van der Waals surface area contributed by atoms with E-state index in [1.54, 1.807) is 24.3 Å². The molecule has 2 aromatic rings. The molecule has 8 heteroatoms. The number of benzene rings is 2. The van der Waals surface area contributed by atoms with Crippen LogP contribution >= 0.6 is 0 Å². The molecule has 148 valence electrons. The zero-order valence-electron chi connectivity index (χ0n) is 15.3. The largest absolute Gasteiger partial charge is 0.416 e. The summed E-state index contributed by atoms with van der Waals surface area (Å²) in [5.74, 6) is -0.925. The van der Waals surface area contributed by atoms with Gasteiger partial charge in [-0.25, -0.2) is 0 Å². The number of carbonyl (C=O) groups excluding carboxylic acids is 3. The van der Waals surface area contributed by atoms with E-state index in [1.165, 1.54) is 30.9 Å². The maximum absolute atomic E-state index is 12.7. The van der Waals surface area contributed by atoms with Gasteiger partial charge in [-0.15, -0.1) is 0 Å². The van der Waals surface area contributed by atoms with E-state index >= 15 is 0 Å². The van der Waals surface area contributed by atoms with Gasteiger partial charge in [0.15, 0.2) is 5.78 Å². The van der Waals surface area contributed by atoms with Crippen molar-refractivity contribution in [3.05, 3.63) is 59.7 Å². The van der Waals surface area contributed by atoms with Crippen molar-refractivity contribution >= 4 is 29.0 Å². The van der Waals surface area contributed by atoms with E-state index in [-0.39, 0.29) is 30.3 Å². The summed E-state index contributed by atoms with van der Waals surface area (Å²) in [6.07, 6.45) is -4.53. The number of nitrogens with one attached hydrogen (secondary N) is 1. The predicted molar refractivity (Wildman–Crippen MR) is 99.2 cm³/mol. The molecule has 0 bridgehead atoms. The van der Waals surface area contributed by atoms with Gasteiger partial charge in [0.1, 0.15) is 0 Å². The number of hydrogen-bond acceptors (Lipinski definition) is 3. The monoisotopic (exact) mass is 392 g/mol. The average Bonchev–Trinajstić information content (AvgIpc) is 2.61. The van der Waals surface area contributed by atoms with Crippen LogP contribution in [0.2, 0.25) is 0 Å². The van der Waals surface area contributed by atoms with Crippen LogP contribution < -0.4 is 10.2 Å². The molecule has 0 saturated carbocycles. The molecule has 2 rings (SSSR count). The summed E-state index contributed by atoms with van der Waals surface area (Å²) in [7, 11) is 0. The van der Waals surface area contributed by atoms with E-state index in [1.807, 2.05) is 0 Å². The highest BCUT2D eigenvalue weighted by Gasteiger charge is 2.30. The number of ketones is 1. The lowest BCUT2D eigenvalue weighted by atomic mass is 10.1. The van der Waals surface area contributed by atoms with Crippen molar-refractivity contribution in [1.29, 1.82) is 0 Å². The Morgan fingerprint density at radius 3 is 2.18 bits per heavy atom. The van der Waals surface area contributed by atoms with Crippen molar-refractivity contribution < 1.29 is 27.6 Å². The van der Waals surface area contributed by atoms with Gasteiger partial charge in [-0.05, 0) is 43.3 Å². The topological polar surface area (TPSA) is 66.5 Å². The molecular formula is C20H19F3N2O3. The molecule has 2 aromatic carbocycles. The molecule has 0 aromatic heterocycles. The smallest absolute Gasteiger partial charge is 0.326 e. The zero-order chi connectivity index (χ0) is 20.9. The van der Waals surface area contributed by atoms with Crippen molar-refractivity contribution in [2.45, 2.75) is 26.4 Å². The van der Waals surface area contributed by atoms with Gasteiger partial charge in [-0.2, -0.15) is 13.2 Å². The first-order valence-electron chi connectivity index (χ1n) is 8.44. The number of halogens is 3. The molecule has 0 atom stereocenters. The number of Topliss-reactive ketones (excluding diaryl/α,β-unsaturated/α-hetero) is 1. The van der Waals surface area contributed by atoms with Crippen molar-refractivity contribution in [2.75, 3.05) is 16.8 Å². The van der Waals surface area contributed by atoms with Crippen molar-refractivity contribution in [2.24, 2.45) is 0 Å². The van der Waals surface area contributed by atoms with Gasteiger partial charge in [-0.3, -0.25) is 14.4 Å². The van der Waals surface area contributed by atoms with Gasteiger partial charge >= 0.3 is 6.18 Å². The van der Waals surface area contributed by atoms with Crippen molar-refractivity contribution in [3.8, 4) is 0 Å². The van der Waals surface area contributed by atoms with Crippen molar-refractivity contribution in [1.82, 2.24) is 0 Å². The molecule has 1 N–H and O–H groups in total. The number of amides is 2. The highest BCUT2D eigenvalue weighted by atomic mass is 19.4. The quantitative estimate of drug-likeness (QED) is 0.746. The van der Waals surface area contributed by atoms with Crippen LogP contribution in [0.4, 0.5) is 24.5 Å². The second-order valence-electron chi connectivity index (χ2n) is 6.15. The van der Waals surface area contributed by atoms with E-state index in [4.69, 9.17) is 0 Å². The third kappa shape index (κ3) is 5.67. The third-order valence-corrected chi connectivity index (χ3v) is 4.00. The van der Waals surface area contributed by atoms with E-state index in [9.17, 15) is 27.6 Å². The van der Waals surface area contributed by atoms with E-state index in [0.29, 0.717) is 11.3 Å².